The van der Waals surface area contributed by atoms with Crippen LogP contribution in [-0.2, 0) is 5.41 Å². The minimum atomic E-state index is 0.0897. The summed E-state index contributed by atoms with van der Waals surface area (Å²) in [5.41, 5.74) is 16.4. The normalized spacial score (nSPS) is 15.0. The van der Waals surface area contributed by atoms with Gasteiger partial charge >= 0.3 is 0 Å². The number of anilines is 1. The second-order valence-electron chi connectivity index (χ2n) is 14.6. The molecule has 2 aliphatic carbocycles. The van der Waals surface area contributed by atoms with E-state index in [0.717, 1.165) is 23.3 Å². The fourth-order valence-electron chi connectivity index (χ4n) is 8.07. The van der Waals surface area contributed by atoms with Crippen molar-refractivity contribution in [1.29, 1.82) is 0 Å². The van der Waals surface area contributed by atoms with E-state index >= 15 is 0 Å². The van der Waals surface area contributed by atoms with Crippen LogP contribution in [0.2, 0.25) is 0 Å². The maximum atomic E-state index is 5.84. The van der Waals surface area contributed by atoms with Gasteiger partial charge in [-0.15, -0.1) is 0 Å². The number of benzene rings is 7. The van der Waals surface area contributed by atoms with Crippen LogP contribution in [0.25, 0.3) is 60.9 Å². The fourth-order valence-corrected chi connectivity index (χ4v) is 8.07. The molecule has 0 saturated heterocycles. The highest BCUT2D eigenvalue weighted by molar-refractivity contribution is 6.06. The highest BCUT2D eigenvalue weighted by Crippen LogP contribution is 2.50. The summed E-state index contributed by atoms with van der Waals surface area (Å²) in [7, 11) is 0. The van der Waals surface area contributed by atoms with Gasteiger partial charge in [0, 0.05) is 27.9 Å². The zero-order chi connectivity index (χ0) is 37.8. The van der Waals surface area contributed by atoms with Crippen molar-refractivity contribution in [3.8, 4) is 33.4 Å². The van der Waals surface area contributed by atoms with Crippen LogP contribution >= 0.6 is 0 Å². The van der Waals surface area contributed by atoms with Gasteiger partial charge in [-0.1, -0.05) is 185 Å². The highest BCUT2D eigenvalue weighted by atomic mass is 16.3. The van der Waals surface area contributed by atoms with E-state index in [1.54, 1.807) is 5.57 Å². The molecule has 0 aliphatic heterocycles. The predicted octanol–water partition coefficient (Wildman–Crippen LogP) is 14.8. The van der Waals surface area contributed by atoms with Crippen LogP contribution in [0.1, 0.15) is 45.2 Å². The van der Waals surface area contributed by atoms with Gasteiger partial charge in [0.2, 0.25) is 0 Å². The van der Waals surface area contributed by atoms with E-state index in [2.05, 4.69) is 183 Å². The molecule has 1 aromatic heterocycles. The molecule has 7 aromatic carbocycles. The summed E-state index contributed by atoms with van der Waals surface area (Å²) in [4.78, 5) is 0. The largest absolute Gasteiger partial charge is 0.456 e. The minimum absolute atomic E-state index is 0.0897. The lowest BCUT2D eigenvalue weighted by Crippen LogP contribution is -2.26. The number of rotatable bonds is 5. The van der Waals surface area contributed by atoms with Crippen LogP contribution in [0, 0.1) is 0 Å². The molecule has 1 unspecified atom stereocenters. The Bertz CT molecular complexity index is 2610. The Morgan fingerprint density at radius 3 is 1.69 bits per heavy atom. The molecule has 0 bridgehead atoms. The Kier molecular flexibility index (Phi) is 10.1. The topological polar surface area (TPSA) is 25.2 Å². The monoisotopic (exact) mass is 713 g/mol. The molecule has 0 fully saturated rings. The summed E-state index contributed by atoms with van der Waals surface area (Å²) in [5.74, 6) is 0. The van der Waals surface area contributed by atoms with E-state index < -0.39 is 0 Å². The average Bonchev–Trinajstić information content (AvgIpc) is 3.74. The molecule has 1 heterocycles. The van der Waals surface area contributed by atoms with Gasteiger partial charge < -0.3 is 9.73 Å². The van der Waals surface area contributed by atoms with Crippen molar-refractivity contribution in [1.82, 2.24) is 0 Å². The maximum Gasteiger partial charge on any atom is 0.135 e. The molecule has 0 saturated carbocycles. The minimum Gasteiger partial charge on any atom is -0.456 e. The number of hydrogen-bond acceptors (Lipinski definition) is 2. The molecular formula is C53H47NO. The average molecular weight is 714 g/mol. The van der Waals surface area contributed by atoms with Gasteiger partial charge in [-0.3, -0.25) is 0 Å². The molecule has 0 radical (unpaired) electrons. The second kappa shape index (κ2) is 15.5. The Labute approximate surface area is 325 Å². The molecule has 2 aliphatic rings. The first-order chi connectivity index (χ1) is 27.0. The van der Waals surface area contributed by atoms with E-state index in [9.17, 15) is 0 Å². The van der Waals surface area contributed by atoms with Crippen molar-refractivity contribution in [2.45, 2.75) is 45.6 Å². The third-order valence-electron chi connectivity index (χ3n) is 10.9. The molecule has 0 amide bonds. The summed E-state index contributed by atoms with van der Waals surface area (Å²) in [6.07, 6.45) is 5.69. The number of allylic oxidation sites excluding steroid dienone is 2. The number of fused-ring (bicyclic) bond motifs is 5. The molecule has 8 aromatic rings. The molecule has 1 N–H and O–H groups in total. The lowest BCUT2D eigenvalue weighted by Gasteiger charge is -2.29. The van der Waals surface area contributed by atoms with Gasteiger partial charge in [0.1, 0.15) is 11.2 Å². The summed E-state index contributed by atoms with van der Waals surface area (Å²) < 4.78 is 5.84. The maximum absolute atomic E-state index is 5.84. The van der Waals surface area contributed by atoms with Crippen molar-refractivity contribution >= 4 is 33.2 Å². The summed E-state index contributed by atoms with van der Waals surface area (Å²) in [5, 5.41) is 6.10. The predicted molar refractivity (Wildman–Crippen MR) is 235 cm³/mol. The third-order valence-corrected chi connectivity index (χ3v) is 10.9. The highest BCUT2D eigenvalue weighted by Gasteiger charge is 2.38. The van der Waals surface area contributed by atoms with Crippen molar-refractivity contribution in [2.24, 2.45) is 0 Å². The lowest BCUT2D eigenvalue weighted by atomic mass is 9.77. The SMILES string of the molecule is CC.CC1(C)C2=C(C=CC(Nc3ccc(-c4ccc(-c5ccccc5)cc4)cc3)C2)c2ccccc21.c1ccc(-c2ccc3oc4ccccc4c3c2)cc1. The fraction of sp³-hybridized carbons (Fsp3) is 0.132. The van der Waals surface area contributed by atoms with Crippen LogP contribution in [0.4, 0.5) is 5.69 Å². The molecular weight excluding hydrogens is 667 g/mol. The smallest absolute Gasteiger partial charge is 0.135 e. The summed E-state index contributed by atoms with van der Waals surface area (Å²) >= 11 is 0. The van der Waals surface area contributed by atoms with Crippen molar-refractivity contribution < 1.29 is 4.42 Å². The van der Waals surface area contributed by atoms with E-state index in [0.29, 0.717) is 6.04 Å². The zero-order valence-corrected chi connectivity index (χ0v) is 32.1. The van der Waals surface area contributed by atoms with Crippen molar-refractivity contribution in [3.05, 3.63) is 205 Å². The number of hydrogen-bond donors (Lipinski definition) is 1. The molecule has 55 heavy (non-hydrogen) atoms. The van der Waals surface area contributed by atoms with E-state index in [1.165, 1.54) is 60.9 Å². The Morgan fingerprint density at radius 2 is 1.02 bits per heavy atom. The van der Waals surface area contributed by atoms with Gasteiger partial charge in [-0.25, -0.2) is 0 Å². The van der Waals surface area contributed by atoms with Gasteiger partial charge in [0.15, 0.2) is 0 Å². The second-order valence-corrected chi connectivity index (χ2v) is 14.6. The number of nitrogens with one attached hydrogen (secondary N) is 1. The number of para-hydroxylation sites is 1. The summed E-state index contributed by atoms with van der Waals surface area (Å²) in [6.45, 7) is 8.73. The van der Waals surface area contributed by atoms with Crippen LogP contribution in [0.5, 0.6) is 0 Å². The molecule has 2 heteroatoms. The zero-order valence-electron chi connectivity index (χ0n) is 32.1. The first-order valence-electron chi connectivity index (χ1n) is 19.5. The molecule has 270 valence electrons. The van der Waals surface area contributed by atoms with Crippen LogP contribution in [0.15, 0.2) is 198 Å². The van der Waals surface area contributed by atoms with Gasteiger partial charge in [0.05, 0.1) is 0 Å². The molecule has 0 spiro atoms. The molecule has 10 rings (SSSR count). The standard InChI is InChI=1S/C33H29N.C18H12O.C2H6/c1-33(2)31-11-7-6-10-29(31)30-21-20-28(22-32(30)33)34-27-18-16-26(17-19-27)25-14-12-24(13-15-25)23-8-4-3-5-9-23;1-2-6-13(7-3-1)14-10-11-18-16(12-14)15-8-4-5-9-17(15)19-18;1-2/h3-21,28,34H,22H2,1-2H3;1-12H;1-2H3. The van der Waals surface area contributed by atoms with E-state index in [1.807, 2.05) is 38.1 Å². The van der Waals surface area contributed by atoms with Crippen molar-refractivity contribution in [3.63, 3.8) is 0 Å². The molecule has 2 nitrogen and oxygen atoms in total. The quantitative estimate of drug-likeness (QED) is 0.192. The van der Waals surface area contributed by atoms with Crippen LogP contribution in [0.3, 0.4) is 0 Å². The summed E-state index contributed by atoms with van der Waals surface area (Å²) in [6, 6.07) is 62.3. The van der Waals surface area contributed by atoms with E-state index in [4.69, 9.17) is 4.42 Å². The third kappa shape index (κ3) is 7.16. The van der Waals surface area contributed by atoms with Gasteiger partial charge in [-0.2, -0.15) is 0 Å². The van der Waals surface area contributed by atoms with Crippen molar-refractivity contribution in [2.75, 3.05) is 5.32 Å². The Morgan fingerprint density at radius 1 is 0.509 bits per heavy atom. The Balaban J connectivity index is 0.000000171. The van der Waals surface area contributed by atoms with Crippen LogP contribution in [-0.4, -0.2) is 6.04 Å². The van der Waals surface area contributed by atoms with Crippen LogP contribution < -0.4 is 5.32 Å². The first-order valence-corrected chi connectivity index (χ1v) is 19.5. The van der Waals surface area contributed by atoms with E-state index in [-0.39, 0.29) is 5.41 Å². The Hall–Kier alpha value is -6.38. The lowest BCUT2D eigenvalue weighted by molar-refractivity contribution is 0.596. The van der Waals surface area contributed by atoms with Gasteiger partial charge in [-0.05, 0) is 92.4 Å². The van der Waals surface area contributed by atoms with Gasteiger partial charge in [0.25, 0.3) is 0 Å². The number of furan rings is 1. The first kappa shape index (κ1) is 35.6. The molecule has 1 atom stereocenters.